The third-order valence-corrected chi connectivity index (χ3v) is 3.87. The topological polar surface area (TPSA) is 74.6 Å². The second-order valence-corrected chi connectivity index (χ2v) is 5.95. The van der Waals surface area contributed by atoms with Gasteiger partial charge >= 0.3 is 41.5 Å². The Kier molecular flexibility index (Phi) is 19.5. The van der Waals surface area contributed by atoms with E-state index in [0.717, 1.165) is 25.3 Å². The quantitative estimate of drug-likeness (QED) is 0.262. The summed E-state index contributed by atoms with van der Waals surface area (Å²) in [7, 11) is 0. The molecule has 0 amide bonds. The van der Waals surface area contributed by atoms with E-state index in [0.29, 0.717) is 6.42 Å². The van der Waals surface area contributed by atoms with Crippen molar-refractivity contribution in [2.75, 3.05) is 0 Å². The Balaban J connectivity index is 0. The zero-order valence-electron chi connectivity index (χ0n) is 14.0. The summed E-state index contributed by atoms with van der Waals surface area (Å²) in [6.45, 7) is 2.23. The van der Waals surface area contributed by atoms with Gasteiger partial charge in [0.05, 0.1) is 0 Å². The minimum atomic E-state index is -1.18. The molecule has 0 saturated carbocycles. The molecule has 5 heteroatoms. The van der Waals surface area contributed by atoms with Crippen molar-refractivity contribution in [3.8, 4) is 0 Å². The van der Waals surface area contributed by atoms with Crippen LogP contribution in [-0.2, 0) is 9.59 Å². The van der Waals surface area contributed by atoms with E-state index >= 15 is 0 Å². The van der Waals surface area contributed by atoms with E-state index in [4.69, 9.17) is 10.2 Å². The fourth-order valence-corrected chi connectivity index (χ4v) is 2.55. The molecule has 0 aromatic heterocycles. The molecule has 0 atom stereocenters. The van der Waals surface area contributed by atoms with Gasteiger partial charge in [-0.15, -0.1) is 0 Å². The molecule has 2 N–H and O–H groups in total. The average Bonchev–Trinajstić information content (AvgIpc) is 2.46. The predicted octanol–water partition coefficient (Wildman–Crippen LogP) is 4.52. The molecular weight excluding hydrogens is 303 g/mol. The fraction of sp³-hybridized carbons (Fsp3) is 0.778. The van der Waals surface area contributed by atoms with Gasteiger partial charge in [0.2, 0.25) is 0 Å². The third-order valence-electron chi connectivity index (χ3n) is 3.87. The van der Waals surface area contributed by atoms with Crippen molar-refractivity contribution in [2.24, 2.45) is 0 Å². The normalized spacial score (nSPS) is 11.1. The minimum absolute atomic E-state index is 0. The molecule has 0 rings (SSSR count). The Hall–Kier alpha value is -0.320. The Labute approximate surface area is 163 Å². The summed E-state index contributed by atoms with van der Waals surface area (Å²) in [6.07, 6.45) is 15.8. The molecular formula is C18H33NaO4. The van der Waals surface area contributed by atoms with Crippen molar-refractivity contribution < 1.29 is 19.8 Å². The Bertz CT molecular complexity index is 340. The molecule has 0 radical (unpaired) electrons. The molecule has 0 unspecified atom stereocenters. The van der Waals surface area contributed by atoms with Crippen LogP contribution in [0.1, 0.15) is 90.4 Å². The van der Waals surface area contributed by atoms with Gasteiger partial charge in [-0.05, 0) is 12.8 Å². The Morgan fingerprint density at radius 3 is 1.48 bits per heavy atom. The van der Waals surface area contributed by atoms with Gasteiger partial charge in [0.15, 0.2) is 0 Å². The van der Waals surface area contributed by atoms with Crippen LogP contribution in [0.25, 0.3) is 0 Å². The zero-order chi connectivity index (χ0) is 16.6. The van der Waals surface area contributed by atoms with Gasteiger partial charge in [0, 0.05) is 11.6 Å². The molecule has 0 aliphatic heterocycles. The van der Waals surface area contributed by atoms with E-state index < -0.39 is 11.9 Å². The van der Waals surface area contributed by atoms with Crippen LogP contribution < -0.4 is 0 Å². The molecule has 4 nitrogen and oxygen atoms in total. The van der Waals surface area contributed by atoms with Crippen LogP contribution in [0.5, 0.6) is 0 Å². The third kappa shape index (κ3) is 17.9. The molecule has 0 fully saturated rings. The summed E-state index contributed by atoms with van der Waals surface area (Å²) in [5.41, 5.74) is -0.000390. The van der Waals surface area contributed by atoms with E-state index in [1.54, 1.807) is 0 Å². The Morgan fingerprint density at radius 1 is 0.739 bits per heavy atom. The van der Waals surface area contributed by atoms with Gasteiger partial charge in [0.25, 0.3) is 0 Å². The fourth-order valence-electron chi connectivity index (χ4n) is 2.55. The molecule has 0 aliphatic carbocycles. The predicted molar refractivity (Wildman–Crippen MR) is 96.2 cm³/mol. The number of rotatable bonds is 15. The first-order chi connectivity index (χ1) is 10.6. The number of carbonyl (C=O) groups is 2. The van der Waals surface area contributed by atoms with Crippen LogP contribution in [0.3, 0.4) is 0 Å². The second kappa shape index (κ2) is 18.0. The average molecular weight is 336 g/mol. The first-order valence-corrected chi connectivity index (χ1v) is 8.74. The van der Waals surface area contributed by atoms with E-state index in [9.17, 15) is 9.59 Å². The molecule has 0 saturated heterocycles. The molecule has 130 valence electrons. The van der Waals surface area contributed by atoms with Crippen LogP contribution in [0.2, 0.25) is 0 Å². The first-order valence-electron chi connectivity index (χ1n) is 8.74. The molecule has 0 heterocycles. The number of hydrogen-bond acceptors (Lipinski definition) is 2. The molecule has 0 aromatic carbocycles. The van der Waals surface area contributed by atoms with Crippen molar-refractivity contribution in [3.63, 3.8) is 0 Å². The van der Waals surface area contributed by atoms with E-state index in [1.165, 1.54) is 57.8 Å². The first kappa shape index (κ1) is 24.9. The molecule has 0 aliphatic rings. The second-order valence-electron chi connectivity index (χ2n) is 5.95. The van der Waals surface area contributed by atoms with Crippen LogP contribution >= 0.6 is 0 Å². The van der Waals surface area contributed by atoms with Crippen molar-refractivity contribution in [1.82, 2.24) is 0 Å². The molecule has 0 bridgehead atoms. The molecule has 23 heavy (non-hydrogen) atoms. The monoisotopic (exact) mass is 336 g/mol. The van der Waals surface area contributed by atoms with Gasteiger partial charge in [-0.1, -0.05) is 77.6 Å². The van der Waals surface area contributed by atoms with Gasteiger partial charge in [-0.25, -0.2) is 9.59 Å². The van der Waals surface area contributed by atoms with Gasteiger partial charge in [-0.2, -0.15) is 0 Å². The van der Waals surface area contributed by atoms with Crippen LogP contribution in [-0.4, -0.2) is 51.7 Å². The number of aliphatic carboxylic acids is 2. The summed E-state index contributed by atoms with van der Waals surface area (Å²) >= 11 is 0. The maximum absolute atomic E-state index is 10.8. The Morgan fingerprint density at radius 2 is 1.13 bits per heavy atom. The van der Waals surface area contributed by atoms with Gasteiger partial charge < -0.3 is 10.2 Å². The number of carboxylic acids is 2. The van der Waals surface area contributed by atoms with E-state index in [2.05, 4.69) is 6.92 Å². The van der Waals surface area contributed by atoms with Crippen molar-refractivity contribution >= 4 is 41.5 Å². The summed E-state index contributed by atoms with van der Waals surface area (Å²) < 4.78 is 0. The van der Waals surface area contributed by atoms with Crippen molar-refractivity contribution in [1.29, 1.82) is 0 Å². The summed E-state index contributed by atoms with van der Waals surface area (Å²) in [4.78, 5) is 21.3. The number of carboxylic acid groups (broad SMARTS) is 2. The van der Waals surface area contributed by atoms with Gasteiger partial charge in [0.1, 0.15) is 0 Å². The zero-order valence-corrected chi connectivity index (χ0v) is 14.0. The van der Waals surface area contributed by atoms with E-state index in [1.807, 2.05) is 0 Å². The summed E-state index contributed by atoms with van der Waals surface area (Å²) in [6, 6.07) is 0. The van der Waals surface area contributed by atoms with Crippen LogP contribution in [0.15, 0.2) is 11.6 Å². The SMILES string of the molecule is CCCCCCCCCCCCCC/C(=C\C(=O)O)C(=O)O.[NaH]. The van der Waals surface area contributed by atoms with Crippen LogP contribution in [0.4, 0.5) is 0 Å². The molecule has 0 spiro atoms. The summed E-state index contributed by atoms with van der Waals surface area (Å²) in [5, 5.41) is 17.5. The maximum atomic E-state index is 10.8. The van der Waals surface area contributed by atoms with Crippen molar-refractivity contribution in [3.05, 3.63) is 11.6 Å². The number of hydrogen-bond donors (Lipinski definition) is 2. The molecule has 0 aromatic rings. The standard InChI is InChI=1S/C18H32O4.Na.H/c1-2-3-4-5-6-7-8-9-10-11-12-13-14-16(18(21)22)15-17(19)20;;/h15H,2-14H2,1H3,(H,19,20)(H,21,22);;/b16-15+;;. The van der Waals surface area contributed by atoms with E-state index in [-0.39, 0.29) is 35.1 Å². The van der Waals surface area contributed by atoms with Gasteiger partial charge in [-0.3, -0.25) is 0 Å². The summed E-state index contributed by atoms with van der Waals surface area (Å²) in [5.74, 6) is -2.30. The number of unbranched alkanes of at least 4 members (excludes halogenated alkanes) is 11. The van der Waals surface area contributed by atoms with Crippen molar-refractivity contribution in [2.45, 2.75) is 90.4 Å². The van der Waals surface area contributed by atoms with Crippen LogP contribution in [0, 0.1) is 0 Å².